The number of ether oxygens (including phenoxy) is 1. The van der Waals surface area contributed by atoms with Crippen molar-refractivity contribution in [2.45, 2.75) is 51.5 Å². The molecule has 0 aromatic heterocycles. The Morgan fingerprint density at radius 3 is 2.52 bits per heavy atom. The highest BCUT2D eigenvalue weighted by Crippen LogP contribution is 2.32. The van der Waals surface area contributed by atoms with E-state index in [9.17, 15) is 14.7 Å². The normalized spacial score (nSPS) is 24.0. The van der Waals surface area contributed by atoms with E-state index in [1.54, 1.807) is 7.11 Å². The van der Waals surface area contributed by atoms with Crippen molar-refractivity contribution >= 4 is 11.9 Å². The maximum absolute atomic E-state index is 12.4. The van der Waals surface area contributed by atoms with E-state index in [1.165, 1.54) is 0 Å². The monoisotopic (exact) mass is 319 g/mol. The molecule has 2 N–H and O–H groups in total. The highest BCUT2D eigenvalue weighted by molar-refractivity contribution is 5.88. The third-order valence-electron chi connectivity index (χ3n) is 4.82. The zero-order valence-corrected chi connectivity index (χ0v) is 14.0. The molecule has 0 heterocycles. The Morgan fingerprint density at radius 2 is 2.00 bits per heavy atom. The van der Waals surface area contributed by atoms with E-state index in [-0.39, 0.29) is 12.3 Å². The van der Waals surface area contributed by atoms with E-state index in [2.05, 4.69) is 12.2 Å². The summed E-state index contributed by atoms with van der Waals surface area (Å²) in [6.45, 7) is 4.04. The van der Waals surface area contributed by atoms with E-state index in [0.29, 0.717) is 18.8 Å². The van der Waals surface area contributed by atoms with Crippen LogP contribution in [0.5, 0.6) is 5.75 Å². The van der Waals surface area contributed by atoms with Crippen LogP contribution in [0.15, 0.2) is 18.2 Å². The Bertz CT molecular complexity index is 589. The molecule has 1 saturated carbocycles. The summed E-state index contributed by atoms with van der Waals surface area (Å²) in [6, 6.07) is 5.53. The van der Waals surface area contributed by atoms with Gasteiger partial charge in [0.05, 0.1) is 13.5 Å². The van der Waals surface area contributed by atoms with E-state index < -0.39 is 11.5 Å². The first-order valence-electron chi connectivity index (χ1n) is 8.04. The number of carboxylic acids is 1. The van der Waals surface area contributed by atoms with Crippen molar-refractivity contribution in [3.8, 4) is 5.75 Å². The van der Waals surface area contributed by atoms with Crippen LogP contribution in [0.2, 0.25) is 0 Å². The van der Waals surface area contributed by atoms with Crippen LogP contribution in [-0.4, -0.2) is 29.6 Å². The average molecular weight is 319 g/mol. The summed E-state index contributed by atoms with van der Waals surface area (Å²) in [5, 5.41) is 12.4. The first-order valence-corrected chi connectivity index (χ1v) is 8.04. The number of carbonyl (C=O) groups excluding carboxylic acids is 1. The molecule has 1 aliphatic carbocycles. The van der Waals surface area contributed by atoms with Gasteiger partial charge in [-0.2, -0.15) is 0 Å². The molecule has 0 unspecified atom stereocenters. The van der Waals surface area contributed by atoms with E-state index in [1.807, 2.05) is 25.1 Å². The molecular weight excluding hydrogens is 294 g/mol. The number of hydrogen-bond donors (Lipinski definition) is 2. The van der Waals surface area contributed by atoms with Gasteiger partial charge >= 0.3 is 5.97 Å². The van der Waals surface area contributed by atoms with Gasteiger partial charge in [0.2, 0.25) is 5.91 Å². The number of nitrogens with one attached hydrogen (secondary N) is 1. The van der Waals surface area contributed by atoms with Crippen LogP contribution in [0.1, 0.15) is 43.7 Å². The second-order valence-electron chi connectivity index (χ2n) is 6.59. The zero-order valence-electron chi connectivity index (χ0n) is 14.0. The number of amides is 1. The van der Waals surface area contributed by atoms with Crippen LogP contribution in [-0.2, 0) is 16.0 Å². The van der Waals surface area contributed by atoms with Crippen LogP contribution in [0.3, 0.4) is 0 Å². The van der Waals surface area contributed by atoms with Gasteiger partial charge in [-0.05, 0) is 61.8 Å². The number of benzene rings is 1. The van der Waals surface area contributed by atoms with Crippen molar-refractivity contribution in [1.29, 1.82) is 0 Å². The molecule has 1 aromatic rings. The fourth-order valence-electron chi connectivity index (χ4n) is 3.12. The molecule has 5 nitrogen and oxygen atoms in total. The van der Waals surface area contributed by atoms with Crippen LogP contribution in [0.25, 0.3) is 0 Å². The van der Waals surface area contributed by atoms with Gasteiger partial charge in [0.1, 0.15) is 11.3 Å². The second kappa shape index (κ2) is 7.02. The highest BCUT2D eigenvalue weighted by atomic mass is 16.5. The van der Waals surface area contributed by atoms with Crippen molar-refractivity contribution in [2.75, 3.05) is 7.11 Å². The van der Waals surface area contributed by atoms with E-state index >= 15 is 0 Å². The molecule has 0 radical (unpaired) electrons. The standard InChI is InChI=1S/C18H25NO4/c1-12-6-8-18(9-7-12,17(21)22)19-16(20)11-14-4-5-15(23-3)10-13(14)2/h4-5,10,12H,6-9,11H2,1-3H3,(H,19,20)(H,21,22). The van der Waals surface area contributed by atoms with Crippen molar-refractivity contribution < 1.29 is 19.4 Å². The molecule has 0 atom stereocenters. The predicted octanol–water partition coefficient (Wildman–Crippen LogP) is 2.70. The molecule has 5 heteroatoms. The topological polar surface area (TPSA) is 75.6 Å². The second-order valence-corrected chi connectivity index (χ2v) is 6.59. The van der Waals surface area contributed by atoms with Crippen molar-refractivity contribution in [2.24, 2.45) is 5.92 Å². The van der Waals surface area contributed by atoms with Gasteiger partial charge in [-0.25, -0.2) is 4.79 Å². The van der Waals surface area contributed by atoms with Crippen LogP contribution >= 0.6 is 0 Å². The van der Waals surface area contributed by atoms with Crippen molar-refractivity contribution in [3.05, 3.63) is 29.3 Å². The number of aliphatic carboxylic acids is 1. The fraction of sp³-hybridized carbons (Fsp3) is 0.556. The number of carbonyl (C=O) groups is 2. The van der Waals surface area contributed by atoms with Gasteiger partial charge < -0.3 is 15.2 Å². The van der Waals surface area contributed by atoms with Gasteiger partial charge in [0.15, 0.2) is 0 Å². The molecule has 1 aromatic carbocycles. The molecule has 0 aliphatic heterocycles. The Kier molecular flexibility index (Phi) is 5.29. The van der Waals surface area contributed by atoms with Gasteiger partial charge in [0, 0.05) is 0 Å². The lowest BCUT2D eigenvalue weighted by Gasteiger charge is -2.36. The SMILES string of the molecule is COc1ccc(CC(=O)NC2(C(=O)O)CCC(C)CC2)c(C)c1. The first kappa shape index (κ1) is 17.3. The quantitative estimate of drug-likeness (QED) is 0.875. The first-order chi connectivity index (χ1) is 10.9. The van der Waals surface area contributed by atoms with Crippen LogP contribution < -0.4 is 10.1 Å². The minimum absolute atomic E-state index is 0.181. The zero-order chi connectivity index (χ0) is 17.0. The number of hydrogen-bond acceptors (Lipinski definition) is 3. The van der Waals surface area contributed by atoms with Gasteiger partial charge in [-0.3, -0.25) is 4.79 Å². The average Bonchev–Trinajstić information content (AvgIpc) is 2.51. The molecule has 2 rings (SSSR count). The molecule has 23 heavy (non-hydrogen) atoms. The molecule has 1 amide bonds. The summed E-state index contributed by atoms with van der Waals surface area (Å²) >= 11 is 0. The number of carboxylic acid groups (broad SMARTS) is 1. The highest BCUT2D eigenvalue weighted by Gasteiger charge is 2.42. The lowest BCUT2D eigenvalue weighted by Crippen LogP contribution is -2.56. The van der Waals surface area contributed by atoms with Gasteiger partial charge in [-0.1, -0.05) is 13.0 Å². The summed E-state index contributed by atoms with van der Waals surface area (Å²) in [5.41, 5.74) is 0.735. The third kappa shape index (κ3) is 4.03. The molecule has 0 bridgehead atoms. The van der Waals surface area contributed by atoms with Gasteiger partial charge in [0.25, 0.3) is 0 Å². The largest absolute Gasteiger partial charge is 0.497 e. The Morgan fingerprint density at radius 1 is 1.35 bits per heavy atom. The Labute approximate surface area is 137 Å². The minimum Gasteiger partial charge on any atom is -0.497 e. The summed E-state index contributed by atoms with van der Waals surface area (Å²) < 4.78 is 5.16. The Hall–Kier alpha value is -2.04. The van der Waals surface area contributed by atoms with Crippen molar-refractivity contribution in [1.82, 2.24) is 5.32 Å². The fourth-order valence-corrected chi connectivity index (χ4v) is 3.12. The number of methoxy groups -OCH3 is 1. The van der Waals surface area contributed by atoms with Crippen LogP contribution in [0, 0.1) is 12.8 Å². The van der Waals surface area contributed by atoms with Gasteiger partial charge in [-0.15, -0.1) is 0 Å². The number of aryl methyl sites for hydroxylation is 1. The summed E-state index contributed by atoms with van der Waals surface area (Å²) in [5.74, 6) is 0.0950. The molecule has 0 saturated heterocycles. The third-order valence-corrected chi connectivity index (χ3v) is 4.82. The summed E-state index contributed by atoms with van der Waals surface area (Å²) in [7, 11) is 1.60. The summed E-state index contributed by atoms with van der Waals surface area (Å²) in [4.78, 5) is 24.1. The van der Waals surface area contributed by atoms with E-state index in [0.717, 1.165) is 29.7 Å². The lowest BCUT2D eigenvalue weighted by atomic mass is 9.77. The van der Waals surface area contributed by atoms with Crippen LogP contribution in [0.4, 0.5) is 0 Å². The molecular formula is C18H25NO4. The minimum atomic E-state index is -1.11. The maximum atomic E-state index is 12.4. The van der Waals surface area contributed by atoms with E-state index in [4.69, 9.17) is 4.74 Å². The summed E-state index contributed by atoms with van der Waals surface area (Å²) in [6.07, 6.45) is 2.83. The Balaban J connectivity index is 2.07. The molecule has 1 aliphatic rings. The van der Waals surface area contributed by atoms with Crippen molar-refractivity contribution in [3.63, 3.8) is 0 Å². The maximum Gasteiger partial charge on any atom is 0.329 e. The molecule has 1 fully saturated rings. The molecule has 126 valence electrons. The predicted molar refractivity (Wildman–Crippen MR) is 87.6 cm³/mol. The molecule has 0 spiro atoms. The lowest BCUT2D eigenvalue weighted by molar-refractivity contribution is -0.149. The smallest absolute Gasteiger partial charge is 0.329 e. The number of rotatable bonds is 5.